The molecule has 0 fully saturated rings. The lowest BCUT2D eigenvalue weighted by Crippen LogP contribution is -2.50. The van der Waals surface area contributed by atoms with E-state index in [2.05, 4.69) is 4.99 Å². The average molecular weight is 292 g/mol. The van der Waals surface area contributed by atoms with Crippen molar-refractivity contribution < 1.29 is 9.18 Å². The molecule has 102 valence electrons. The predicted octanol–water partition coefficient (Wildman–Crippen LogP) is 2.99. The van der Waals surface area contributed by atoms with Crippen LogP contribution in [0.4, 0.5) is 10.1 Å². The molecule has 0 bridgehead atoms. The van der Waals surface area contributed by atoms with Crippen LogP contribution in [0.3, 0.4) is 0 Å². The van der Waals surface area contributed by atoms with Crippen LogP contribution in [0.2, 0.25) is 5.02 Å². The number of hydrogen-bond acceptors (Lipinski definition) is 3. The second-order valence-corrected chi connectivity index (χ2v) is 4.91. The van der Waals surface area contributed by atoms with Gasteiger partial charge in [-0.3, -0.25) is 9.69 Å². The van der Waals surface area contributed by atoms with Crippen molar-refractivity contribution in [1.82, 2.24) is 4.90 Å². The SMILES string of the molecule is Cc1cc(N2C(=O)C=C(F)N3CC=CN=C32)ccc1Cl. The first-order chi connectivity index (χ1) is 9.58. The second kappa shape index (κ2) is 4.76. The van der Waals surface area contributed by atoms with E-state index in [1.165, 1.54) is 9.80 Å². The number of fused-ring (bicyclic) bond motifs is 1. The summed E-state index contributed by atoms with van der Waals surface area (Å²) in [6.45, 7) is 2.19. The molecule has 3 rings (SSSR count). The number of amides is 1. The molecule has 1 amide bonds. The molecule has 0 aliphatic carbocycles. The molecule has 4 nitrogen and oxygen atoms in total. The van der Waals surface area contributed by atoms with Gasteiger partial charge in [0.15, 0.2) is 0 Å². The number of halogens is 2. The highest BCUT2D eigenvalue weighted by Crippen LogP contribution is 2.28. The van der Waals surface area contributed by atoms with Gasteiger partial charge in [0, 0.05) is 17.8 Å². The molecule has 0 saturated carbocycles. The summed E-state index contributed by atoms with van der Waals surface area (Å²) in [5.41, 5.74) is 1.45. The standard InChI is InChI=1S/C14H11ClFN3O/c1-9-7-10(3-4-11(9)15)19-13(20)8-12(16)18-6-2-5-17-14(18)19/h2-5,7-8H,6H2,1H3. The summed E-state index contributed by atoms with van der Waals surface area (Å²) in [6.07, 6.45) is 4.24. The van der Waals surface area contributed by atoms with Gasteiger partial charge < -0.3 is 0 Å². The first-order valence-corrected chi connectivity index (χ1v) is 6.43. The number of anilines is 1. The molecule has 6 heteroatoms. The van der Waals surface area contributed by atoms with Gasteiger partial charge in [0.25, 0.3) is 5.91 Å². The summed E-state index contributed by atoms with van der Waals surface area (Å²) in [5, 5.41) is 0.613. The van der Waals surface area contributed by atoms with Gasteiger partial charge >= 0.3 is 0 Å². The number of rotatable bonds is 1. The van der Waals surface area contributed by atoms with E-state index in [4.69, 9.17) is 11.6 Å². The van der Waals surface area contributed by atoms with Crippen LogP contribution in [-0.2, 0) is 4.79 Å². The van der Waals surface area contributed by atoms with E-state index in [1.54, 1.807) is 30.5 Å². The molecule has 0 atom stereocenters. The van der Waals surface area contributed by atoms with E-state index >= 15 is 0 Å². The van der Waals surface area contributed by atoms with Crippen LogP contribution in [-0.4, -0.2) is 23.3 Å². The van der Waals surface area contributed by atoms with Crippen molar-refractivity contribution in [2.75, 3.05) is 11.4 Å². The van der Waals surface area contributed by atoms with E-state index in [0.717, 1.165) is 11.6 Å². The van der Waals surface area contributed by atoms with Crippen molar-refractivity contribution in [1.29, 1.82) is 0 Å². The molecular weight excluding hydrogens is 281 g/mol. The number of hydrogen-bond donors (Lipinski definition) is 0. The zero-order valence-corrected chi connectivity index (χ0v) is 11.4. The number of aliphatic imine (C=N–C) groups is 1. The number of guanidine groups is 1. The summed E-state index contributed by atoms with van der Waals surface area (Å²) < 4.78 is 13.8. The normalized spacial score (nSPS) is 17.9. The van der Waals surface area contributed by atoms with E-state index in [-0.39, 0.29) is 5.96 Å². The van der Waals surface area contributed by atoms with Crippen molar-refractivity contribution in [3.05, 3.63) is 53.1 Å². The second-order valence-electron chi connectivity index (χ2n) is 4.50. The fourth-order valence-electron chi connectivity index (χ4n) is 2.14. The van der Waals surface area contributed by atoms with Crippen molar-refractivity contribution in [2.24, 2.45) is 4.99 Å². The smallest absolute Gasteiger partial charge is 0.262 e. The van der Waals surface area contributed by atoms with Crippen LogP contribution in [0.1, 0.15) is 5.56 Å². The Balaban J connectivity index is 2.11. The maximum atomic E-state index is 13.8. The maximum Gasteiger partial charge on any atom is 0.262 e. The highest BCUT2D eigenvalue weighted by atomic mass is 35.5. The van der Waals surface area contributed by atoms with Gasteiger partial charge in [-0.2, -0.15) is 4.39 Å². The monoisotopic (exact) mass is 291 g/mol. The maximum absolute atomic E-state index is 13.8. The van der Waals surface area contributed by atoms with Gasteiger partial charge in [0.1, 0.15) is 0 Å². The molecular formula is C14H11ClFN3O. The average Bonchev–Trinajstić information content (AvgIpc) is 2.43. The minimum absolute atomic E-state index is 0.263. The molecule has 0 saturated heterocycles. The summed E-state index contributed by atoms with van der Waals surface area (Å²) >= 11 is 5.99. The molecule has 0 radical (unpaired) electrons. The Bertz CT molecular complexity index is 681. The van der Waals surface area contributed by atoms with Crippen molar-refractivity contribution >= 4 is 29.2 Å². The van der Waals surface area contributed by atoms with Crippen LogP contribution >= 0.6 is 11.6 Å². The van der Waals surface area contributed by atoms with Gasteiger partial charge in [-0.1, -0.05) is 11.6 Å². The van der Waals surface area contributed by atoms with Crippen LogP contribution < -0.4 is 4.90 Å². The molecule has 1 aromatic carbocycles. The molecule has 2 heterocycles. The third-order valence-corrected chi connectivity index (χ3v) is 3.57. The zero-order valence-electron chi connectivity index (χ0n) is 10.7. The Morgan fingerprint density at radius 3 is 2.95 bits per heavy atom. The molecule has 2 aliphatic heterocycles. The Labute approximate surface area is 120 Å². The Morgan fingerprint density at radius 1 is 1.40 bits per heavy atom. The largest absolute Gasteiger partial charge is 0.284 e. The Morgan fingerprint density at radius 2 is 2.20 bits per heavy atom. The number of aryl methyl sites for hydroxylation is 1. The minimum Gasteiger partial charge on any atom is -0.284 e. The van der Waals surface area contributed by atoms with E-state index in [0.29, 0.717) is 17.3 Å². The quantitative estimate of drug-likeness (QED) is 0.746. The third-order valence-electron chi connectivity index (χ3n) is 3.15. The summed E-state index contributed by atoms with van der Waals surface area (Å²) in [7, 11) is 0. The van der Waals surface area contributed by atoms with Crippen LogP contribution in [0, 0.1) is 6.92 Å². The molecule has 0 spiro atoms. The first-order valence-electron chi connectivity index (χ1n) is 6.06. The van der Waals surface area contributed by atoms with Crippen molar-refractivity contribution in [3.63, 3.8) is 0 Å². The van der Waals surface area contributed by atoms with Crippen molar-refractivity contribution in [2.45, 2.75) is 6.92 Å². The molecule has 2 aliphatic rings. The fourth-order valence-corrected chi connectivity index (χ4v) is 2.26. The van der Waals surface area contributed by atoms with Crippen LogP contribution in [0.15, 0.2) is 47.5 Å². The number of nitrogens with zero attached hydrogens (tertiary/aromatic N) is 3. The molecule has 1 aromatic rings. The molecule has 0 unspecified atom stereocenters. The predicted molar refractivity (Wildman–Crippen MR) is 76.1 cm³/mol. The molecule has 0 aromatic heterocycles. The van der Waals surface area contributed by atoms with E-state index < -0.39 is 11.9 Å². The number of benzene rings is 1. The van der Waals surface area contributed by atoms with Gasteiger partial charge in [-0.15, -0.1) is 0 Å². The summed E-state index contributed by atoms with van der Waals surface area (Å²) in [6, 6.07) is 5.19. The topological polar surface area (TPSA) is 35.9 Å². The molecule has 0 N–H and O–H groups in total. The van der Waals surface area contributed by atoms with Gasteiger partial charge in [0.05, 0.1) is 11.8 Å². The van der Waals surface area contributed by atoms with E-state index in [1.807, 2.05) is 6.92 Å². The third kappa shape index (κ3) is 2.00. The lowest BCUT2D eigenvalue weighted by atomic mass is 10.2. The lowest BCUT2D eigenvalue weighted by molar-refractivity contribution is -0.113. The first kappa shape index (κ1) is 12.9. The zero-order chi connectivity index (χ0) is 14.3. The Hall–Kier alpha value is -2.14. The highest BCUT2D eigenvalue weighted by Gasteiger charge is 2.33. The number of carbonyl (C=O) groups is 1. The van der Waals surface area contributed by atoms with Gasteiger partial charge in [0.2, 0.25) is 11.9 Å². The molecule has 20 heavy (non-hydrogen) atoms. The van der Waals surface area contributed by atoms with Crippen molar-refractivity contribution in [3.8, 4) is 0 Å². The van der Waals surface area contributed by atoms with Crippen LogP contribution in [0.5, 0.6) is 0 Å². The minimum atomic E-state index is -0.597. The highest BCUT2D eigenvalue weighted by molar-refractivity contribution is 6.31. The van der Waals surface area contributed by atoms with Crippen LogP contribution in [0.25, 0.3) is 0 Å². The summed E-state index contributed by atoms with van der Waals surface area (Å²) in [4.78, 5) is 18.9. The fraction of sp³-hybridized carbons (Fsp3) is 0.143. The Kier molecular flexibility index (Phi) is 3.06. The number of carbonyl (C=O) groups excluding carboxylic acids is 1. The van der Waals surface area contributed by atoms with Gasteiger partial charge in [-0.25, -0.2) is 9.89 Å². The van der Waals surface area contributed by atoms with E-state index in [9.17, 15) is 9.18 Å². The van der Waals surface area contributed by atoms with Gasteiger partial charge in [-0.05, 0) is 36.8 Å². The lowest BCUT2D eigenvalue weighted by Gasteiger charge is -2.35. The summed E-state index contributed by atoms with van der Waals surface area (Å²) in [5.74, 6) is -0.797.